The van der Waals surface area contributed by atoms with Gasteiger partial charge in [-0.3, -0.25) is 5.01 Å². The Labute approximate surface area is 194 Å². The molecule has 5 rings (SSSR count). The number of rotatable bonds is 6. The highest BCUT2D eigenvalue weighted by atomic mass is 15.4. The second-order valence-corrected chi connectivity index (χ2v) is 7.81. The molecule has 5 aromatic carbocycles. The zero-order chi connectivity index (χ0) is 22.5. The highest BCUT2D eigenvalue weighted by molar-refractivity contribution is 5.78. The van der Waals surface area contributed by atoms with Crippen LogP contribution in [0.1, 0.15) is 0 Å². The van der Waals surface area contributed by atoms with Gasteiger partial charge in [0.05, 0.1) is 11.4 Å². The second kappa shape index (κ2) is 9.43. The first-order valence-corrected chi connectivity index (χ1v) is 11.0. The van der Waals surface area contributed by atoms with Gasteiger partial charge in [0.15, 0.2) is 0 Å². The summed E-state index contributed by atoms with van der Waals surface area (Å²) < 4.78 is 0. The molecule has 160 valence electrons. The van der Waals surface area contributed by atoms with Crippen LogP contribution in [0, 0.1) is 0 Å². The van der Waals surface area contributed by atoms with Crippen LogP contribution in [-0.4, -0.2) is 0 Å². The number of para-hydroxylation sites is 2. The van der Waals surface area contributed by atoms with Crippen molar-refractivity contribution in [3.05, 3.63) is 140 Å². The maximum absolute atomic E-state index is 6.47. The van der Waals surface area contributed by atoms with Crippen LogP contribution in [-0.2, 0) is 0 Å². The monoisotopic (exact) mass is 427 g/mol. The van der Waals surface area contributed by atoms with Crippen molar-refractivity contribution >= 4 is 28.4 Å². The molecule has 0 radical (unpaired) electrons. The minimum atomic E-state index is 0.923. The summed E-state index contributed by atoms with van der Waals surface area (Å²) in [5.41, 5.74) is 7.51. The van der Waals surface area contributed by atoms with Gasteiger partial charge in [0.25, 0.3) is 0 Å². The average molecular weight is 428 g/mol. The van der Waals surface area contributed by atoms with Crippen LogP contribution >= 0.6 is 0 Å². The third kappa shape index (κ3) is 4.49. The maximum Gasteiger partial charge on any atom is 0.0576 e. The van der Waals surface area contributed by atoms with Gasteiger partial charge in [-0.15, -0.1) is 0 Å². The average Bonchev–Trinajstić information content (AvgIpc) is 2.91. The molecule has 0 amide bonds. The van der Waals surface area contributed by atoms with Gasteiger partial charge in [-0.2, -0.15) is 0 Å². The van der Waals surface area contributed by atoms with Gasteiger partial charge in [0.2, 0.25) is 0 Å². The summed E-state index contributed by atoms with van der Waals surface area (Å²) in [6.07, 6.45) is 0. The lowest BCUT2D eigenvalue weighted by Crippen LogP contribution is -2.24. The van der Waals surface area contributed by atoms with Crippen LogP contribution in [0.25, 0.3) is 11.1 Å². The van der Waals surface area contributed by atoms with Crippen LogP contribution in [0.4, 0.5) is 28.4 Å². The van der Waals surface area contributed by atoms with E-state index in [4.69, 9.17) is 5.84 Å². The quantitative estimate of drug-likeness (QED) is 0.221. The number of anilines is 5. The maximum atomic E-state index is 6.47. The summed E-state index contributed by atoms with van der Waals surface area (Å²) >= 11 is 0. The molecule has 2 N–H and O–H groups in total. The van der Waals surface area contributed by atoms with E-state index in [0.29, 0.717) is 0 Å². The van der Waals surface area contributed by atoms with E-state index >= 15 is 0 Å². The summed E-state index contributed by atoms with van der Waals surface area (Å²) in [5, 5.41) is 1.72. The molecular weight excluding hydrogens is 402 g/mol. The van der Waals surface area contributed by atoms with Gasteiger partial charge < -0.3 is 4.90 Å². The first-order chi connectivity index (χ1) is 16.3. The Balaban J connectivity index is 1.41. The van der Waals surface area contributed by atoms with Crippen LogP contribution in [0.5, 0.6) is 0 Å². The second-order valence-electron chi connectivity index (χ2n) is 7.81. The Morgan fingerprint density at radius 3 is 1.15 bits per heavy atom. The van der Waals surface area contributed by atoms with Gasteiger partial charge in [0, 0.05) is 17.1 Å². The fourth-order valence-corrected chi connectivity index (χ4v) is 3.96. The summed E-state index contributed by atoms with van der Waals surface area (Å²) in [6.45, 7) is 0. The lowest BCUT2D eigenvalue weighted by atomic mass is 10.1. The molecule has 3 heteroatoms. The normalized spacial score (nSPS) is 10.6. The Bertz CT molecular complexity index is 1240. The van der Waals surface area contributed by atoms with Crippen LogP contribution in [0.3, 0.4) is 0 Å². The molecular formula is C30H25N3. The molecule has 0 aliphatic carbocycles. The van der Waals surface area contributed by atoms with Gasteiger partial charge in [-0.05, 0) is 71.8 Å². The van der Waals surface area contributed by atoms with E-state index < -0.39 is 0 Å². The van der Waals surface area contributed by atoms with Crippen LogP contribution < -0.4 is 15.8 Å². The molecule has 0 aliphatic rings. The minimum absolute atomic E-state index is 0.923. The molecule has 0 spiro atoms. The Hall–Kier alpha value is -4.34. The van der Waals surface area contributed by atoms with E-state index in [0.717, 1.165) is 28.4 Å². The van der Waals surface area contributed by atoms with Crippen molar-refractivity contribution < 1.29 is 0 Å². The SMILES string of the molecule is NN(c1ccc(-c2ccccc2)cc1)c1ccc(N(c2ccccc2)c2ccccc2)cc1. The third-order valence-corrected chi connectivity index (χ3v) is 5.67. The van der Waals surface area contributed by atoms with Crippen molar-refractivity contribution in [2.24, 2.45) is 5.84 Å². The smallest absolute Gasteiger partial charge is 0.0576 e. The van der Waals surface area contributed by atoms with E-state index in [1.807, 2.05) is 30.3 Å². The zero-order valence-electron chi connectivity index (χ0n) is 18.3. The number of nitrogens with two attached hydrogens (primary N) is 1. The van der Waals surface area contributed by atoms with Crippen LogP contribution in [0.15, 0.2) is 140 Å². The third-order valence-electron chi connectivity index (χ3n) is 5.67. The molecule has 0 unspecified atom stereocenters. The Morgan fingerprint density at radius 1 is 0.333 bits per heavy atom. The van der Waals surface area contributed by atoms with E-state index in [1.165, 1.54) is 11.1 Å². The molecule has 0 fully saturated rings. The standard InChI is InChI=1S/C30H25N3/c31-33(29-18-16-25(17-19-29)24-10-4-1-5-11-24)30-22-20-28(21-23-30)32(26-12-6-2-7-13-26)27-14-8-3-9-15-27/h1-23H,31H2. The lowest BCUT2D eigenvalue weighted by Gasteiger charge is -2.26. The molecule has 0 saturated heterocycles. The topological polar surface area (TPSA) is 32.5 Å². The Kier molecular flexibility index (Phi) is 5.87. The molecule has 5 aromatic rings. The predicted octanol–water partition coefficient (Wildman–Crippen LogP) is 7.84. The number of hydrogen-bond acceptors (Lipinski definition) is 3. The molecule has 0 heterocycles. The first kappa shape index (κ1) is 20.6. The number of hydrogen-bond donors (Lipinski definition) is 1. The van der Waals surface area contributed by atoms with Crippen molar-refractivity contribution in [2.75, 3.05) is 9.91 Å². The largest absolute Gasteiger partial charge is 0.311 e. The summed E-state index contributed by atoms with van der Waals surface area (Å²) in [4.78, 5) is 2.24. The van der Waals surface area contributed by atoms with Crippen LogP contribution in [0.2, 0.25) is 0 Å². The molecule has 0 aliphatic heterocycles. The van der Waals surface area contributed by atoms with E-state index in [2.05, 4.69) is 114 Å². The zero-order valence-corrected chi connectivity index (χ0v) is 18.3. The van der Waals surface area contributed by atoms with E-state index in [1.54, 1.807) is 5.01 Å². The highest BCUT2D eigenvalue weighted by Crippen LogP contribution is 2.35. The van der Waals surface area contributed by atoms with Crippen molar-refractivity contribution in [1.29, 1.82) is 0 Å². The van der Waals surface area contributed by atoms with Crippen molar-refractivity contribution in [3.63, 3.8) is 0 Å². The molecule has 0 aromatic heterocycles. The highest BCUT2D eigenvalue weighted by Gasteiger charge is 2.13. The van der Waals surface area contributed by atoms with Gasteiger partial charge in [-0.25, -0.2) is 5.84 Å². The summed E-state index contributed by atoms with van der Waals surface area (Å²) in [7, 11) is 0. The fourth-order valence-electron chi connectivity index (χ4n) is 3.96. The Morgan fingerprint density at radius 2 is 0.667 bits per heavy atom. The summed E-state index contributed by atoms with van der Waals surface area (Å²) in [6, 6.07) is 47.7. The van der Waals surface area contributed by atoms with Gasteiger partial charge in [0.1, 0.15) is 0 Å². The number of benzene rings is 5. The molecule has 0 atom stereocenters. The molecule has 33 heavy (non-hydrogen) atoms. The lowest BCUT2D eigenvalue weighted by molar-refractivity contribution is 1.09. The fraction of sp³-hybridized carbons (Fsp3) is 0. The molecule has 3 nitrogen and oxygen atoms in total. The molecule has 0 saturated carbocycles. The van der Waals surface area contributed by atoms with E-state index in [-0.39, 0.29) is 0 Å². The van der Waals surface area contributed by atoms with Crippen molar-refractivity contribution in [1.82, 2.24) is 0 Å². The number of nitrogens with zero attached hydrogens (tertiary/aromatic N) is 2. The van der Waals surface area contributed by atoms with Gasteiger partial charge in [-0.1, -0.05) is 78.9 Å². The van der Waals surface area contributed by atoms with Gasteiger partial charge >= 0.3 is 0 Å². The first-order valence-electron chi connectivity index (χ1n) is 11.0. The van der Waals surface area contributed by atoms with Crippen molar-refractivity contribution in [3.8, 4) is 11.1 Å². The minimum Gasteiger partial charge on any atom is -0.311 e. The molecule has 0 bridgehead atoms. The van der Waals surface area contributed by atoms with E-state index in [9.17, 15) is 0 Å². The summed E-state index contributed by atoms with van der Waals surface area (Å²) in [5.74, 6) is 6.47. The van der Waals surface area contributed by atoms with Crippen molar-refractivity contribution in [2.45, 2.75) is 0 Å². The predicted molar refractivity (Wildman–Crippen MR) is 139 cm³/mol. The number of hydrazine groups is 1.